The van der Waals surface area contributed by atoms with Crippen LogP contribution in [0.25, 0.3) is 0 Å². The molecule has 1 aromatic heterocycles. The summed E-state index contributed by atoms with van der Waals surface area (Å²) >= 11 is 0. The zero-order valence-corrected chi connectivity index (χ0v) is 11.8. The van der Waals surface area contributed by atoms with Gasteiger partial charge in [0.05, 0.1) is 0 Å². The molecule has 5 heteroatoms. The zero-order valence-electron chi connectivity index (χ0n) is 11.8. The number of hydrogen-bond acceptors (Lipinski definition) is 3. The monoisotopic (exact) mass is 276 g/mol. The van der Waals surface area contributed by atoms with Gasteiger partial charge in [0.15, 0.2) is 0 Å². The maximum Gasteiger partial charge on any atom is 0.354 e. The van der Waals surface area contributed by atoms with Crippen LogP contribution in [-0.4, -0.2) is 28.0 Å². The van der Waals surface area contributed by atoms with Crippen molar-refractivity contribution in [1.82, 2.24) is 10.3 Å². The summed E-state index contributed by atoms with van der Waals surface area (Å²) in [5, 5.41) is 11.9. The van der Waals surface area contributed by atoms with E-state index in [-0.39, 0.29) is 17.6 Å². The molecule has 0 bridgehead atoms. The number of hydrogen-bond donors (Lipinski definition) is 2. The Morgan fingerprint density at radius 2 is 2.05 bits per heavy atom. The lowest BCUT2D eigenvalue weighted by atomic mass is 9.79. The highest BCUT2D eigenvalue weighted by molar-refractivity contribution is 5.96. The molecule has 0 aliphatic heterocycles. The first-order chi connectivity index (χ1) is 9.47. The van der Waals surface area contributed by atoms with Crippen LogP contribution in [-0.2, 0) is 0 Å². The van der Waals surface area contributed by atoms with Crippen LogP contribution in [0.15, 0.2) is 18.3 Å². The van der Waals surface area contributed by atoms with Crippen molar-refractivity contribution in [3.8, 4) is 0 Å². The lowest BCUT2D eigenvalue weighted by molar-refractivity contribution is 0.0690. The van der Waals surface area contributed by atoms with Crippen LogP contribution in [0.2, 0.25) is 0 Å². The van der Waals surface area contributed by atoms with Gasteiger partial charge in [0.1, 0.15) is 5.69 Å². The number of aromatic carboxylic acids is 1. The first-order valence-electron chi connectivity index (χ1n) is 6.97. The third-order valence-electron chi connectivity index (χ3n) is 4.17. The molecule has 1 heterocycles. The number of carbonyl (C=O) groups excluding carboxylic acids is 1. The van der Waals surface area contributed by atoms with E-state index in [1.807, 2.05) is 0 Å². The summed E-state index contributed by atoms with van der Waals surface area (Å²) < 4.78 is 0. The van der Waals surface area contributed by atoms with Gasteiger partial charge in [-0.2, -0.15) is 0 Å². The molecular formula is C15H20N2O3. The molecule has 1 aliphatic carbocycles. The van der Waals surface area contributed by atoms with Gasteiger partial charge in [0, 0.05) is 17.8 Å². The molecule has 2 rings (SSSR count). The number of carboxylic acids is 1. The normalized spacial score (nSPS) is 26.0. The number of amides is 1. The minimum atomic E-state index is -1.13. The molecule has 1 amide bonds. The molecule has 0 saturated heterocycles. The molecule has 5 nitrogen and oxygen atoms in total. The van der Waals surface area contributed by atoms with Crippen molar-refractivity contribution in [1.29, 1.82) is 0 Å². The van der Waals surface area contributed by atoms with E-state index in [0.717, 1.165) is 19.3 Å². The molecule has 3 atom stereocenters. The Hall–Kier alpha value is -1.91. The van der Waals surface area contributed by atoms with Crippen molar-refractivity contribution in [2.24, 2.45) is 11.8 Å². The molecule has 108 valence electrons. The maximum absolute atomic E-state index is 12.1. The van der Waals surface area contributed by atoms with Crippen LogP contribution in [0, 0.1) is 11.8 Å². The molecule has 0 radical (unpaired) electrons. The topological polar surface area (TPSA) is 79.3 Å². The standard InChI is InChI=1S/C15H20N2O3/c1-9-3-4-12(7-10(9)2)17-14(18)11-5-6-16-13(8-11)15(19)20/h5-6,8-10,12H,3-4,7H2,1-2H3,(H,17,18)(H,19,20). The maximum atomic E-state index is 12.1. The van der Waals surface area contributed by atoms with E-state index in [4.69, 9.17) is 5.11 Å². The highest BCUT2D eigenvalue weighted by Crippen LogP contribution is 2.29. The molecule has 1 aliphatic rings. The van der Waals surface area contributed by atoms with Gasteiger partial charge in [-0.05, 0) is 43.2 Å². The van der Waals surface area contributed by atoms with Crippen LogP contribution >= 0.6 is 0 Å². The quantitative estimate of drug-likeness (QED) is 0.888. The van der Waals surface area contributed by atoms with Crippen molar-refractivity contribution in [2.45, 2.75) is 39.2 Å². The van der Waals surface area contributed by atoms with Gasteiger partial charge in [-0.15, -0.1) is 0 Å². The zero-order chi connectivity index (χ0) is 14.7. The number of aromatic nitrogens is 1. The van der Waals surface area contributed by atoms with Gasteiger partial charge in [-0.25, -0.2) is 9.78 Å². The average Bonchev–Trinajstić information content (AvgIpc) is 2.43. The minimum absolute atomic E-state index is 0.108. The smallest absolute Gasteiger partial charge is 0.354 e. The Kier molecular flexibility index (Phi) is 4.37. The summed E-state index contributed by atoms with van der Waals surface area (Å²) in [6, 6.07) is 3.03. The van der Waals surface area contributed by atoms with E-state index in [0.29, 0.717) is 17.4 Å². The van der Waals surface area contributed by atoms with Crippen molar-refractivity contribution < 1.29 is 14.7 Å². The number of carbonyl (C=O) groups is 2. The number of nitrogens with one attached hydrogen (secondary N) is 1. The SMILES string of the molecule is CC1CCC(NC(=O)c2ccnc(C(=O)O)c2)CC1C. The van der Waals surface area contributed by atoms with Crippen LogP contribution in [0.5, 0.6) is 0 Å². The van der Waals surface area contributed by atoms with E-state index in [2.05, 4.69) is 24.1 Å². The van der Waals surface area contributed by atoms with Gasteiger partial charge in [-0.1, -0.05) is 13.8 Å². The molecule has 0 aromatic carbocycles. The van der Waals surface area contributed by atoms with Crippen LogP contribution in [0.4, 0.5) is 0 Å². The number of nitrogens with zero attached hydrogens (tertiary/aromatic N) is 1. The van der Waals surface area contributed by atoms with Gasteiger partial charge in [0.25, 0.3) is 5.91 Å². The first kappa shape index (κ1) is 14.5. The molecule has 0 spiro atoms. The van der Waals surface area contributed by atoms with E-state index in [1.54, 1.807) is 0 Å². The lowest BCUT2D eigenvalue weighted by Crippen LogP contribution is -2.39. The Bertz CT molecular complexity index is 516. The van der Waals surface area contributed by atoms with Gasteiger partial charge in [-0.3, -0.25) is 4.79 Å². The average molecular weight is 276 g/mol. The molecule has 3 unspecified atom stereocenters. The molecule has 1 aromatic rings. The second kappa shape index (κ2) is 6.03. The Labute approximate surface area is 118 Å². The summed E-state index contributed by atoms with van der Waals surface area (Å²) in [5.74, 6) is -0.0508. The number of carboxylic acid groups (broad SMARTS) is 1. The number of rotatable bonds is 3. The minimum Gasteiger partial charge on any atom is -0.477 e. The van der Waals surface area contributed by atoms with Crippen molar-refractivity contribution in [3.63, 3.8) is 0 Å². The summed E-state index contributed by atoms with van der Waals surface area (Å²) in [5.41, 5.74) is 0.243. The fourth-order valence-electron chi connectivity index (χ4n) is 2.64. The van der Waals surface area contributed by atoms with Gasteiger partial charge >= 0.3 is 5.97 Å². The fourth-order valence-corrected chi connectivity index (χ4v) is 2.64. The predicted octanol–water partition coefficient (Wildman–Crippen LogP) is 2.33. The largest absolute Gasteiger partial charge is 0.477 e. The number of pyridine rings is 1. The second-order valence-electron chi connectivity index (χ2n) is 5.67. The third-order valence-corrected chi connectivity index (χ3v) is 4.17. The first-order valence-corrected chi connectivity index (χ1v) is 6.97. The summed E-state index contributed by atoms with van der Waals surface area (Å²) in [4.78, 5) is 26.7. The van der Waals surface area contributed by atoms with Crippen molar-refractivity contribution in [2.75, 3.05) is 0 Å². The third kappa shape index (κ3) is 3.35. The van der Waals surface area contributed by atoms with E-state index in [1.165, 1.54) is 18.3 Å². The van der Waals surface area contributed by atoms with Crippen LogP contribution in [0.3, 0.4) is 0 Å². The van der Waals surface area contributed by atoms with E-state index >= 15 is 0 Å². The molecule has 1 saturated carbocycles. The van der Waals surface area contributed by atoms with Gasteiger partial charge < -0.3 is 10.4 Å². The van der Waals surface area contributed by atoms with Gasteiger partial charge in [0.2, 0.25) is 0 Å². The molecule has 2 N–H and O–H groups in total. The van der Waals surface area contributed by atoms with Crippen molar-refractivity contribution >= 4 is 11.9 Å². The molecular weight excluding hydrogens is 256 g/mol. The van der Waals surface area contributed by atoms with E-state index in [9.17, 15) is 9.59 Å². The lowest BCUT2D eigenvalue weighted by Gasteiger charge is -2.32. The second-order valence-corrected chi connectivity index (χ2v) is 5.67. The van der Waals surface area contributed by atoms with Crippen LogP contribution in [0.1, 0.15) is 54.0 Å². The van der Waals surface area contributed by atoms with Crippen LogP contribution < -0.4 is 5.32 Å². The fraction of sp³-hybridized carbons (Fsp3) is 0.533. The van der Waals surface area contributed by atoms with E-state index < -0.39 is 5.97 Å². The highest BCUT2D eigenvalue weighted by atomic mass is 16.4. The summed E-state index contributed by atoms with van der Waals surface area (Å²) in [7, 11) is 0. The molecule has 20 heavy (non-hydrogen) atoms. The molecule has 1 fully saturated rings. The van der Waals surface area contributed by atoms with Crippen molar-refractivity contribution in [3.05, 3.63) is 29.6 Å². The predicted molar refractivity (Wildman–Crippen MR) is 74.6 cm³/mol. The Balaban J connectivity index is 2.01. The Morgan fingerprint density at radius 3 is 2.70 bits per heavy atom. The summed E-state index contributed by atoms with van der Waals surface area (Å²) in [6.45, 7) is 4.45. The Morgan fingerprint density at radius 1 is 1.30 bits per heavy atom. The highest BCUT2D eigenvalue weighted by Gasteiger charge is 2.25. The summed E-state index contributed by atoms with van der Waals surface area (Å²) in [6.07, 6.45) is 4.42.